The lowest BCUT2D eigenvalue weighted by atomic mass is 9.98. The van der Waals surface area contributed by atoms with E-state index in [1.807, 2.05) is 5.38 Å². The number of carbonyl (C=O) groups is 2. The van der Waals surface area contributed by atoms with E-state index in [9.17, 15) is 9.59 Å². The van der Waals surface area contributed by atoms with Gasteiger partial charge in [0, 0.05) is 23.4 Å². The Morgan fingerprint density at radius 1 is 1.48 bits per heavy atom. The predicted molar refractivity (Wildman–Crippen MR) is 81.5 cm³/mol. The van der Waals surface area contributed by atoms with Crippen LogP contribution in [-0.4, -0.2) is 39.5 Å². The van der Waals surface area contributed by atoms with Crippen molar-refractivity contribution in [1.29, 1.82) is 0 Å². The van der Waals surface area contributed by atoms with Crippen LogP contribution in [0.25, 0.3) is 0 Å². The molecule has 5 nitrogen and oxygen atoms in total. The SMILES string of the molecule is CC(C)(C)c1nc(CC(=O)N2CCCC2CC(=O)O)cs1. The molecule has 1 saturated heterocycles. The van der Waals surface area contributed by atoms with Gasteiger partial charge in [-0.3, -0.25) is 9.59 Å². The van der Waals surface area contributed by atoms with E-state index in [0.717, 1.165) is 23.5 Å². The first-order chi connectivity index (χ1) is 9.77. The summed E-state index contributed by atoms with van der Waals surface area (Å²) in [6.07, 6.45) is 1.97. The summed E-state index contributed by atoms with van der Waals surface area (Å²) in [4.78, 5) is 29.5. The number of aliphatic carboxylic acids is 1. The molecule has 0 saturated carbocycles. The number of nitrogens with zero attached hydrogens (tertiary/aromatic N) is 2. The number of rotatable bonds is 4. The van der Waals surface area contributed by atoms with Crippen LogP contribution in [0, 0.1) is 0 Å². The molecule has 2 rings (SSSR count). The molecule has 1 atom stereocenters. The summed E-state index contributed by atoms with van der Waals surface area (Å²) in [7, 11) is 0. The van der Waals surface area contributed by atoms with Crippen LogP contribution in [0.4, 0.5) is 0 Å². The number of hydrogen-bond acceptors (Lipinski definition) is 4. The van der Waals surface area contributed by atoms with E-state index < -0.39 is 5.97 Å². The normalized spacial score (nSPS) is 19.0. The first-order valence-electron chi connectivity index (χ1n) is 7.23. The van der Waals surface area contributed by atoms with Crippen molar-refractivity contribution in [3.8, 4) is 0 Å². The molecule has 1 aliphatic rings. The molecule has 1 aliphatic heterocycles. The summed E-state index contributed by atoms with van der Waals surface area (Å²) < 4.78 is 0. The van der Waals surface area contributed by atoms with Crippen LogP contribution in [0.5, 0.6) is 0 Å². The quantitative estimate of drug-likeness (QED) is 0.927. The zero-order chi connectivity index (χ0) is 15.6. The minimum absolute atomic E-state index is 0.00848. The topological polar surface area (TPSA) is 70.5 Å². The highest BCUT2D eigenvalue weighted by Crippen LogP contribution is 2.26. The molecule has 1 N–H and O–H groups in total. The fraction of sp³-hybridized carbons (Fsp3) is 0.667. The Kier molecular flexibility index (Phi) is 4.66. The number of thiazole rings is 1. The summed E-state index contributed by atoms with van der Waals surface area (Å²) >= 11 is 1.58. The van der Waals surface area contributed by atoms with E-state index in [-0.39, 0.29) is 30.2 Å². The van der Waals surface area contributed by atoms with Crippen molar-refractivity contribution >= 4 is 23.2 Å². The van der Waals surface area contributed by atoms with Crippen molar-refractivity contribution in [2.75, 3.05) is 6.54 Å². The van der Waals surface area contributed by atoms with Gasteiger partial charge in [-0.05, 0) is 12.8 Å². The first kappa shape index (κ1) is 15.9. The first-order valence-corrected chi connectivity index (χ1v) is 8.11. The maximum atomic E-state index is 12.4. The minimum atomic E-state index is -0.844. The van der Waals surface area contributed by atoms with E-state index >= 15 is 0 Å². The lowest BCUT2D eigenvalue weighted by Crippen LogP contribution is -2.37. The van der Waals surface area contributed by atoms with Gasteiger partial charge in [0.15, 0.2) is 0 Å². The van der Waals surface area contributed by atoms with Crippen LogP contribution in [-0.2, 0) is 21.4 Å². The second-order valence-corrected chi connectivity index (χ2v) is 7.41. The van der Waals surface area contributed by atoms with E-state index in [4.69, 9.17) is 5.11 Å². The van der Waals surface area contributed by atoms with E-state index in [2.05, 4.69) is 25.8 Å². The summed E-state index contributed by atoms with van der Waals surface area (Å²) in [5, 5.41) is 11.9. The molecule has 6 heteroatoms. The third-order valence-electron chi connectivity index (χ3n) is 3.63. The summed E-state index contributed by atoms with van der Waals surface area (Å²) in [6.45, 7) is 6.95. The smallest absolute Gasteiger partial charge is 0.305 e. The van der Waals surface area contributed by atoms with Gasteiger partial charge in [0.25, 0.3) is 0 Å². The largest absolute Gasteiger partial charge is 0.481 e. The number of carbonyl (C=O) groups excluding carboxylic acids is 1. The molecular formula is C15H22N2O3S. The predicted octanol–water partition coefficient (Wildman–Crippen LogP) is 2.45. The Morgan fingerprint density at radius 3 is 2.76 bits per heavy atom. The van der Waals surface area contributed by atoms with Crippen molar-refractivity contribution < 1.29 is 14.7 Å². The van der Waals surface area contributed by atoms with Gasteiger partial charge in [-0.2, -0.15) is 0 Å². The molecule has 0 aromatic carbocycles. The standard InChI is InChI=1S/C15H22N2O3S/c1-15(2,3)14-16-10(9-21-14)7-12(18)17-6-4-5-11(17)8-13(19)20/h9,11H,4-8H2,1-3H3,(H,19,20). The van der Waals surface area contributed by atoms with Gasteiger partial charge in [-0.25, -0.2) is 4.98 Å². The highest BCUT2D eigenvalue weighted by Gasteiger charge is 2.30. The summed E-state index contributed by atoms with van der Waals surface area (Å²) in [5.41, 5.74) is 0.779. The average Bonchev–Trinajstić information content (AvgIpc) is 2.96. The van der Waals surface area contributed by atoms with Crippen LogP contribution in [0.2, 0.25) is 0 Å². The zero-order valence-corrected chi connectivity index (χ0v) is 13.6. The van der Waals surface area contributed by atoms with Crippen molar-refractivity contribution in [3.63, 3.8) is 0 Å². The number of amides is 1. The van der Waals surface area contributed by atoms with Gasteiger partial charge in [-0.1, -0.05) is 20.8 Å². The van der Waals surface area contributed by atoms with E-state index in [0.29, 0.717) is 6.54 Å². The highest BCUT2D eigenvalue weighted by molar-refractivity contribution is 7.09. The Balaban J connectivity index is 2.00. The molecule has 116 valence electrons. The number of carboxylic acids is 1. The van der Waals surface area contributed by atoms with E-state index in [1.54, 1.807) is 16.2 Å². The van der Waals surface area contributed by atoms with Crippen LogP contribution < -0.4 is 0 Å². The molecule has 0 bridgehead atoms. The molecule has 0 spiro atoms. The molecular weight excluding hydrogens is 288 g/mol. The highest BCUT2D eigenvalue weighted by atomic mass is 32.1. The third kappa shape index (κ3) is 4.03. The fourth-order valence-electron chi connectivity index (χ4n) is 2.57. The van der Waals surface area contributed by atoms with Crippen molar-refractivity contribution in [2.24, 2.45) is 0 Å². The second-order valence-electron chi connectivity index (χ2n) is 6.55. The Labute approximate surface area is 129 Å². The van der Waals surface area contributed by atoms with Crippen molar-refractivity contribution in [1.82, 2.24) is 9.88 Å². The molecule has 1 unspecified atom stereocenters. The molecule has 1 aromatic heterocycles. The molecule has 0 aliphatic carbocycles. The molecule has 2 heterocycles. The summed E-state index contributed by atoms with van der Waals surface area (Å²) in [6, 6.07) is -0.157. The van der Waals surface area contributed by atoms with Gasteiger partial charge in [0.05, 0.1) is 23.5 Å². The number of likely N-dealkylation sites (tertiary alicyclic amines) is 1. The van der Waals surface area contributed by atoms with Crippen molar-refractivity contribution in [3.05, 3.63) is 16.1 Å². The Hall–Kier alpha value is -1.43. The number of hydrogen-bond donors (Lipinski definition) is 1. The monoisotopic (exact) mass is 310 g/mol. The molecule has 1 amide bonds. The lowest BCUT2D eigenvalue weighted by Gasteiger charge is -2.23. The number of carboxylic acid groups (broad SMARTS) is 1. The number of aromatic nitrogens is 1. The third-order valence-corrected chi connectivity index (χ3v) is 4.95. The Bertz CT molecular complexity index is 533. The molecule has 1 aromatic rings. The maximum Gasteiger partial charge on any atom is 0.305 e. The van der Waals surface area contributed by atoms with Crippen LogP contribution >= 0.6 is 11.3 Å². The lowest BCUT2D eigenvalue weighted by molar-refractivity contribution is -0.139. The van der Waals surface area contributed by atoms with Gasteiger partial charge in [0.1, 0.15) is 0 Å². The van der Waals surface area contributed by atoms with Crippen molar-refractivity contribution in [2.45, 2.75) is 57.9 Å². The van der Waals surface area contributed by atoms with Crippen LogP contribution in [0.1, 0.15) is 50.7 Å². The zero-order valence-electron chi connectivity index (χ0n) is 12.8. The van der Waals surface area contributed by atoms with Gasteiger partial charge in [0.2, 0.25) is 5.91 Å². The van der Waals surface area contributed by atoms with E-state index in [1.165, 1.54) is 0 Å². The Morgan fingerprint density at radius 2 is 2.19 bits per heavy atom. The van der Waals surface area contributed by atoms with Gasteiger partial charge < -0.3 is 10.0 Å². The average molecular weight is 310 g/mol. The van der Waals surface area contributed by atoms with Crippen LogP contribution in [0.15, 0.2) is 5.38 Å². The summed E-state index contributed by atoms with van der Waals surface area (Å²) in [5.74, 6) is -0.854. The maximum absolute atomic E-state index is 12.4. The minimum Gasteiger partial charge on any atom is -0.481 e. The molecule has 21 heavy (non-hydrogen) atoms. The van der Waals surface area contributed by atoms with Crippen LogP contribution in [0.3, 0.4) is 0 Å². The molecule has 1 fully saturated rings. The van der Waals surface area contributed by atoms with Gasteiger partial charge in [-0.15, -0.1) is 11.3 Å². The second kappa shape index (κ2) is 6.13. The molecule has 0 radical (unpaired) electrons. The van der Waals surface area contributed by atoms with Gasteiger partial charge >= 0.3 is 5.97 Å². The fourth-order valence-corrected chi connectivity index (χ4v) is 3.47.